The van der Waals surface area contributed by atoms with Gasteiger partial charge >= 0.3 is 191 Å². The standard InChI is InChI=1S/C7H5BrO2.3C6H11.Sn/c8-6-3-1-5(2-4-6)7(9)10;3*1-2-4-6-5-3-1;/h1-4H,(H,9,10);3*1H,2-6H2;/q;;;;+1/p-1. The number of halogens is 1. The molecule has 4 heteroatoms. The van der Waals surface area contributed by atoms with Crippen molar-refractivity contribution in [2.75, 3.05) is 0 Å². The molecule has 0 heterocycles. The Bertz CT molecular complexity index is 610. The Morgan fingerprint density at radius 3 is 1.45 bits per heavy atom. The Kier molecular flexibility index (Phi) is 8.05. The Hall–Kier alpha value is -0.0313. The zero-order valence-electron chi connectivity index (χ0n) is 17.8. The van der Waals surface area contributed by atoms with E-state index in [9.17, 15) is 4.79 Å². The third-order valence-corrected chi connectivity index (χ3v) is 26.0. The van der Waals surface area contributed by atoms with Gasteiger partial charge in [0.05, 0.1) is 0 Å². The van der Waals surface area contributed by atoms with Crippen LogP contribution < -0.4 is 0 Å². The summed E-state index contributed by atoms with van der Waals surface area (Å²) in [4.78, 5) is 13.5. The van der Waals surface area contributed by atoms with Gasteiger partial charge in [-0.2, -0.15) is 0 Å². The molecule has 3 fully saturated rings. The van der Waals surface area contributed by atoms with Crippen molar-refractivity contribution in [3.8, 4) is 0 Å². The molecule has 1 aromatic rings. The van der Waals surface area contributed by atoms with E-state index in [1.165, 1.54) is 96.3 Å². The van der Waals surface area contributed by atoms with Crippen molar-refractivity contribution in [2.24, 2.45) is 0 Å². The third-order valence-electron chi connectivity index (χ3n) is 8.08. The number of hydrogen-bond donors (Lipinski definition) is 0. The van der Waals surface area contributed by atoms with E-state index in [1.54, 1.807) is 0 Å². The van der Waals surface area contributed by atoms with Crippen LogP contribution in [0.25, 0.3) is 0 Å². The predicted octanol–water partition coefficient (Wildman–Crippen LogP) is 8.55. The molecule has 0 bridgehead atoms. The second-order valence-electron chi connectivity index (χ2n) is 9.75. The van der Waals surface area contributed by atoms with Crippen LogP contribution in [0.1, 0.15) is 107 Å². The fourth-order valence-electron chi connectivity index (χ4n) is 6.72. The molecule has 0 saturated heterocycles. The summed E-state index contributed by atoms with van der Waals surface area (Å²) in [6.07, 6.45) is 20.4. The zero-order valence-corrected chi connectivity index (χ0v) is 22.3. The molecule has 0 unspecified atom stereocenters. The monoisotopic (exact) mass is 568 g/mol. The first-order valence-corrected chi connectivity index (χ1v) is 19.1. The summed E-state index contributed by atoms with van der Waals surface area (Å²) in [6.45, 7) is 0. The van der Waals surface area contributed by atoms with Gasteiger partial charge < -0.3 is 0 Å². The fraction of sp³-hybridized carbons (Fsp3) is 0.720. The molecule has 0 aromatic heterocycles. The molecule has 0 aliphatic heterocycles. The van der Waals surface area contributed by atoms with Crippen molar-refractivity contribution in [2.45, 2.75) is 108 Å². The second kappa shape index (κ2) is 10.5. The molecular weight excluding hydrogens is 531 g/mol. The second-order valence-corrected chi connectivity index (χ2v) is 23.1. The molecule has 0 amide bonds. The summed E-state index contributed by atoms with van der Waals surface area (Å²) < 4.78 is 10.4. The van der Waals surface area contributed by atoms with Gasteiger partial charge in [0.1, 0.15) is 0 Å². The number of rotatable bonds is 5. The van der Waals surface area contributed by atoms with Crippen LogP contribution in [0.3, 0.4) is 0 Å². The Morgan fingerprint density at radius 2 is 1.07 bits per heavy atom. The number of benzene rings is 1. The molecule has 3 saturated carbocycles. The molecule has 3 aliphatic carbocycles. The summed E-state index contributed by atoms with van der Waals surface area (Å²) in [5.41, 5.74) is 0.761. The number of carbonyl (C=O) groups is 1. The van der Waals surface area contributed by atoms with E-state index < -0.39 is 18.8 Å². The summed E-state index contributed by atoms with van der Waals surface area (Å²) in [5.74, 6) is 0.00928. The van der Waals surface area contributed by atoms with Gasteiger partial charge in [-0.15, -0.1) is 0 Å². The normalized spacial score (nSPS) is 23.1. The van der Waals surface area contributed by atoms with Gasteiger partial charge in [0.15, 0.2) is 0 Å². The summed E-state index contributed by atoms with van der Waals surface area (Å²) in [6, 6.07) is 7.86. The Morgan fingerprint density at radius 1 is 0.690 bits per heavy atom. The van der Waals surface area contributed by atoms with Crippen LogP contribution in [0.5, 0.6) is 0 Å². The van der Waals surface area contributed by atoms with Crippen LogP contribution in [-0.4, -0.2) is 24.8 Å². The van der Waals surface area contributed by atoms with Crippen molar-refractivity contribution in [3.63, 3.8) is 0 Å². The van der Waals surface area contributed by atoms with Crippen LogP contribution >= 0.6 is 15.9 Å². The summed E-state index contributed by atoms with van der Waals surface area (Å²) in [5, 5.41) is 0. The zero-order chi connectivity index (χ0) is 20.1. The van der Waals surface area contributed by atoms with E-state index in [1.807, 2.05) is 24.3 Å². The van der Waals surface area contributed by atoms with Crippen LogP contribution in [-0.2, 0) is 3.07 Å². The maximum absolute atomic E-state index is 13.5. The van der Waals surface area contributed by atoms with E-state index in [0.717, 1.165) is 21.8 Å². The first kappa shape index (κ1) is 22.2. The molecule has 2 nitrogen and oxygen atoms in total. The van der Waals surface area contributed by atoms with Crippen molar-refractivity contribution in [1.29, 1.82) is 0 Å². The fourth-order valence-corrected chi connectivity index (χ4v) is 26.6. The van der Waals surface area contributed by atoms with E-state index in [4.69, 9.17) is 3.07 Å². The van der Waals surface area contributed by atoms with Gasteiger partial charge in [0.2, 0.25) is 0 Å². The van der Waals surface area contributed by atoms with Gasteiger partial charge in [-0.3, -0.25) is 0 Å². The van der Waals surface area contributed by atoms with Crippen LogP contribution in [0, 0.1) is 0 Å². The minimum atomic E-state index is -3.23. The van der Waals surface area contributed by atoms with E-state index in [2.05, 4.69) is 15.9 Å². The minimum absolute atomic E-state index is 0.00928. The first-order chi connectivity index (χ1) is 14.2. The van der Waals surface area contributed by atoms with Gasteiger partial charge in [0, 0.05) is 0 Å². The van der Waals surface area contributed by atoms with Crippen LogP contribution in [0.4, 0.5) is 0 Å². The van der Waals surface area contributed by atoms with Crippen LogP contribution in [0.15, 0.2) is 28.7 Å². The van der Waals surface area contributed by atoms with Gasteiger partial charge in [-0.25, -0.2) is 0 Å². The Labute approximate surface area is 190 Å². The summed E-state index contributed by atoms with van der Waals surface area (Å²) >= 11 is 0.276. The van der Waals surface area contributed by atoms with Gasteiger partial charge in [0.25, 0.3) is 0 Å². The van der Waals surface area contributed by atoms with Crippen molar-refractivity contribution in [1.82, 2.24) is 0 Å². The topological polar surface area (TPSA) is 26.3 Å². The quantitative estimate of drug-likeness (QED) is 0.333. The molecule has 160 valence electrons. The first-order valence-electron chi connectivity index (χ1n) is 12.2. The molecule has 4 rings (SSSR count). The molecule has 0 N–H and O–H groups in total. The average molecular weight is 568 g/mol. The predicted molar refractivity (Wildman–Crippen MR) is 126 cm³/mol. The van der Waals surface area contributed by atoms with Crippen molar-refractivity contribution < 1.29 is 7.87 Å². The average Bonchev–Trinajstić information content (AvgIpc) is 2.79. The molecule has 0 radical (unpaired) electrons. The van der Waals surface area contributed by atoms with E-state index in [-0.39, 0.29) is 5.97 Å². The van der Waals surface area contributed by atoms with Gasteiger partial charge in [-0.1, -0.05) is 0 Å². The third kappa shape index (κ3) is 5.07. The Balaban J connectivity index is 1.69. The van der Waals surface area contributed by atoms with Crippen LogP contribution in [0.2, 0.25) is 11.8 Å². The molecule has 29 heavy (non-hydrogen) atoms. The maximum atomic E-state index is 13.5. The van der Waals surface area contributed by atoms with E-state index >= 15 is 0 Å². The van der Waals surface area contributed by atoms with E-state index in [0.29, 0.717) is 0 Å². The molecule has 0 spiro atoms. The molecule has 3 aliphatic rings. The number of carbonyl (C=O) groups excluding carboxylic acids is 1. The van der Waals surface area contributed by atoms with Crippen molar-refractivity contribution in [3.05, 3.63) is 34.3 Å². The molecular formula is C25H37BrO2Sn. The van der Waals surface area contributed by atoms with Gasteiger partial charge in [-0.05, 0) is 0 Å². The summed E-state index contributed by atoms with van der Waals surface area (Å²) in [7, 11) is 0. The molecule has 0 atom stereocenters. The number of hydrogen-bond acceptors (Lipinski definition) is 2. The van der Waals surface area contributed by atoms with Crippen molar-refractivity contribution >= 4 is 40.7 Å². The SMILES string of the molecule is O=C([O][Sn]([CH]1CCCCC1)([CH]1CCCCC1)[CH]1CCCCC1)c1ccc(Br)cc1. The molecule has 1 aromatic carbocycles.